The van der Waals surface area contributed by atoms with Crippen molar-refractivity contribution in [3.05, 3.63) is 0 Å². The van der Waals surface area contributed by atoms with Crippen LogP contribution < -0.4 is 0 Å². The van der Waals surface area contributed by atoms with Crippen LogP contribution in [0.3, 0.4) is 0 Å². The van der Waals surface area contributed by atoms with E-state index in [9.17, 15) is 4.79 Å². The summed E-state index contributed by atoms with van der Waals surface area (Å²) in [4.78, 5) is 16.7. The predicted molar refractivity (Wildman–Crippen MR) is 71.3 cm³/mol. The SMILES string of the molecule is COC(=O)C1CCN(C)CC1C1CCN(C)CC1. The minimum atomic E-state index is 0.00651. The summed E-state index contributed by atoms with van der Waals surface area (Å²) in [6.45, 7) is 4.40. The molecule has 0 amide bonds. The molecule has 2 aliphatic rings. The number of ether oxygens (including phenoxy) is 1. The van der Waals surface area contributed by atoms with Crippen molar-refractivity contribution in [1.29, 1.82) is 0 Å². The molecule has 2 fully saturated rings. The van der Waals surface area contributed by atoms with Gasteiger partial charge in [0, 0.05) is 6.54 Å². The maximum Gasteiger partial charge on any atom is 0.309 e. The van der Waals surface area contributed by atoms with Gasteiger partial charge in [-0.1, -0.05) is 0 Å². The van der Waals surface area contributed by atoms with Gasteiger partial charge in [-0.2, -0.15) is 0 Å². The molecule has 4 heteroatoms. The molecule has 4 nitrogen and oxygen atoms in total. The van der Waals surface area contributed by atoms with Crippen molar-refractivity contribution in [3.63, 3.8) is 0 Å². The lowest BCUT2D eigenvalue weighted by Crippen LogP contribution is -2.47. The molecular weight excluding hydrogens is 228 g/mol. The van der Waals surface area contributed by atoms with Crippen molar-refractivity contribution in [2.24, 2.45) is 17.8 Å². The number of nitrogens with zero attached hydrogens (tertiary/aromatic N) is 2. The smallest absolute Gasteiger partial charge is 0.309 e. The quantitative estimate of drug-likeness (QED) is 0.690. The zero-order valence-electron chi connectivity index (χ0n) is 11.9. The topological polar surface area (TPSA) is 32.8 Å². The average Bonchev–Trinajstić information content (AvgIpc) is 2.38. The number of carbonyl (C=O) groups is 1. The Morgan fingerprint density at radius 2 is 1.67 bits per heavy atom. The molecule has 0 spiro atoms. The standard InChI is InChI=1S/C14H26N2O2/c1-15-7-4-11(5-8-15)13-10-16(2)9-6-12(13)14(17)18-3/h11-13H,4-10H2,1-3H3. The van der Waals surface area contributed by atoms with Crippen LogP contribution in [0, 0.1) is 17.8 Å². The summed E-state index contributed by atoms with van der Waals surface area (Å²) in [6.07, 6.45) is 3.41. The second-order valence-electron chi connectivity index (χ2n) is 5.99. The Bertz CT molecular complexity index is 288. The number of carbonyl (C=O) groups excluding carboxylic acids is 1. The summed E-state index contributed by atoms with van der Waals surface area (Å²) >= 11 is 0. The van der Waals surface area contributed by atoms with Gasteiger partial charge in [-0.25, -0.2) is 0 Å². The first-order valence-electron chi connectivity index (χ1n) is 7.06. The summed E-state index contributed by atoms with van der Waals surface area (Å²) in [5.74, 6) is 1.31. The highest BCUT2D eigenvalue weighted by Crippen LogP contribution is 2.35. The second kappa shape index (κ2) is 6.02. The molecule has 0 radical (unpaired) electrons. The first kappa shape index (κ1) is 13.8. The van der Waals surface area contributed by atoms with Crippen LogP contribution in [-0.2, 0) is 9.53 Å². The molecule has 2 unspecified atom stereocenters. The third-order valence-electron chi connectivity index (χ3n) is 4.73. The van der Waals surface area contributed by atoms with E-state index >= 15 is 0 Å². The monoisotopic (exact) mass is 254 g/mol. The van der Waals surface area contributed by atoms with Crippen LogP contribution in [0.1, 0.15) is 19.3 Å². The molecule has 0 bridgehead atoms. The number of rotatable bonds is 2. The van der Waals surface area contributed by atoms with Crippen LogP contribution in [0.4, 0.5) is 0 Å². The summed E-state index contributed by atoms with van der Waals surface area (Å²) in [5, 5.41) is 0. The predicted octanol–water partition coefficient (Wildman–Crippen LogP) is 1.07. The van der Waals surface area contributed by atoms with E-state index in [0.717, 1.165) is 19.5 Å². The molecule has 0 aromatic carbocycles. The van der Waals surface area contributed by atoms with Gasteiger partial charge in [0.25, 0.3) is 0 Å². The van der Waals surface area contributed by atoms with Crippen LogP contribution in [0.5, 0.6) is 0 Å². The molecule has 18 heavy (non-hydrogen) atoms. The minimum absolute atomic E-state index is 0.00651. The lowest BCUT2D eigenvalue weighted by atomic mass is 9.73. The average molecular weight is 254 g/mol. The molecule has 0 aromatic rings. The Kier molecular flexibility index (Phi) is 4.62. The molecule has 0 N–H and O–H groups in total. The number of piperidine rings is 2. The molecule has 2 heterocycles. The fraction of sp³-hybridized carbons (Fsp3) is 0.929. The first-order valence-corrected chi connectivity index (χ1v) is 7.06. The van der Waals surface area contributed by atoms with Crippen LogP contribution in [0.15, 0.2) is 0 Å². The van der Waals surface area contributed by atoms with Crippen molar-refractivity contribution < 1.29 is 9.53 Å². The zero-order valence-corrected chi connectivity index (χ0v) is 11.9. The summed E-state index contributed by atoms with van der Waals surface area (Å²) in [5.41, 5.74) is 0. The molecule has 0 aliphatic carbocycles. The third kappa shape index (κ3) is 3.04. The second-order valence-corrected chi connectivity index (χ2v) is 5.99. The van der Waals surface area contributed by atoms with Gasteiger partial charge in [0.05, 0.1) is 13.0 Å². The van der Waals surface area contributed by atoms with Crippen LogP contribution in [0.2, 0.25) is 0 Å². The van der Waals surface area contributed by atoms with Crippen LogP contribution in [0.25, 0.3) is 0 Å². The van der Waals surface area contributed by atoms with Gasteiger partial charge in [-0.05, 0) is 64.8 Å². The highest BCUT2D eigenvalue weighted by atomic mass is 16.5. The Hall–Kier alpha value is -0.610. The van der Waals surface area contributed by atoms with Gasteiger partial charge in [0.15, 0.2) is 0 Å². The van der Waals surface area contributed by atoms with Crippen molar-refractivity contribution in [1.82, 2.24) is 9.80 Å². The van der Waals surface area contributed by atoms with E-state index in [1.54, 1.807) is 0 Å². The van der Waals surface area contributed by atoms with Crippen molar-refractivity contribution >= 4 is 5.97 Å². The summed E-state index contributed by atoms with van der Waals surface area (Å²) < 4.78 is 5.00. The fourth-order valence-corrected chi connectivity index (χ4v) is 3.53. The van der Waals surface area contributed by atoms with E-state index in [1.165, 1.54) is 33.0 Å². The largest absolute Gasteiger partial charge is 0.469 e. The normalized spacial score (nSPS) is 32.4. The van der Waals surface area contributed by atoms with Crippen LogP contribution in [-0.4, -0.2) is 63.2 Å². The maximum atomic E-state index is 11.9. The highest BCUT2D eigenvalue weighted by molar-refractivity contribution is 5.72. The Morgan fingerprint density at radius 3 is 2.28 bits per heavy atom. The van der Waals surface area contributed by atoms with Gasteiger partial charge in [0.2, 0.25) is 0 Å². The first-order chi connectivity index (χ1) is 8.61. The van der Waals surface area contributed by atoms with Gasteiger partial charge in [-0.3, -0.25) is 4.79 Å². The van der Waals surface area contributed by atoms with E-state index in [-0.39, 0.29) is 11.9 Å². The Labute approximate surface area is 110 Å². The van der Waals surface area contributed by atoms with Crippen molar-refractivity contribution in [2.45, 2.75) is 19.3 Å². The van der Waals surface area contributed by atoms with E-state index in [2.05, 4.69) is 23.9 Å². The Balaban J connectivity index is 2.03. The van der Waals surface area contributed by atoms with Gasteiger partial charge in [-0.15, -0.1) is 0 Å². The minimum Gasteiger partial charge on any atom is -0.469 e. The molecule has 104 valence electrons. The number of hydrogen-bond acceptors (Lipinski definition) is 4. The third-order valence-corrected chi connectivity index (χ3v) is 4.73. The Morgan fingerprint density at radius 1 is 1.06 bits per heavy atom. The highest BCUT2D eigenvalue weighted by Gasteiger charge is 2.39. The van der Waals surface area contributed by atoms with Gasteiger partial charge < -0.3 is 14.5 Å². The van der Waals surface area contributed by atoms with E-state index in [4.69, 9.17) is 4.74 Å². The molecule has 0 saturated carbocycles. The number of hydrogen-bond donors (Lipinski definition) is 0. The van der Waals surface area contributed by atoms with Crippen LogP contribution >= 0.6 is 0 Å². The lowest BCUT2D eigenvalue weighted by Gasteiger charge is -2.42. The lowest BCUT2D eigenvalue weighted by molar-refractivity contribution is -0.151. The van der Waals surface area contributed by atoms with Crippen molar-refractivity contribution in [2.75, 3.05) is 47.4 Å². The summed E-state index contributed by atoms with van der Waals surface area (Å²) in [7, 11) is 5.86. The number of methoxy groups -OCH3 is 1. The summed E-state index contributed by atoms with van der Waals surface area (Å²) in [6, 6.07) is 0. The van der Waals surface area contributed by atoms with E-state index in [1.807, 2.05) is 0 Å². The van der Waals surface area contributed by atoms with Gasteiger partial charge in [0.1, 0.15) is 0 Å². The molecule has 2 atom stereocenters. The maximum absolute atomic E-state index is 11.9. The molecule has 0 aromatic heterocycles. The number of likely N-dealkylation sites (tertiary alicyclic amines) is 2. The zero-order chi connectivity index (χ0) is 13.1. The number of esters is 1. The van der Waals surface area contributed by atoms with E-state index < -0.39 is 0 Å². The van der Waals surface area contributed by atoms with Crippen molar-refractivity contribution in [3.8, 4) is 0 Å². The fourth-order valence-electron chi connectivity index (χ4n) is 3.53. The van der Waals surface area contributed by atoms with Gasteiger partial charge >= 0.3 is 5.97 Å². The molecular formula is C14H26N2O2. The molecule has 2 aliphatic heterocycles. The molecule has 2 saturated heterocycles. The molecule has 2 rings (SSSR count). The van der Waals surface area contributed by atoms with E-state index in [0.29, 0.717) is 11.8 Å².